The Kier molecular flexibility index (Phi) is 3.82. The summed E-state index contributed by atoms with van der Waals surface area (Å²) >= 11 is 6.06. The minimum atomic E-state index is 0.754. The molecule has 0 radical (unpaired) electrons. The lowest BCUT2D eigenvalue weighted by Crippen LogP contribution is -2.06. The van der Waals surface area contributed by atoms with Crippen LogP contribution in [-0.2, 0) is 13.1 Å². The summed E-state index contributed by atoms with van der Waals surface area (Å²) in [6.07, 6.45) is 3.93. The van der Waals surface area contributed by atoms with Crippen molar-refractivity contribution in [2.75, 3.05) is 7.05 Å². The van der Waals surface area contributed by atoms with Crippen molar-refractivity contribution in [2.24, 2.45) is 0 Å². The maximum atomic E-state index is 6.06. The fourth-order valence-corrected chi connectivity index (χ4v) is 2.01. The van der Waals surface area contributed by atoms with E-state index in [1.807, 2.05) is 36.3 Å². The van der Waals surface area contributed by atoms with Gasteiger partial charge in [0, 0.05) is 29.9 Å². The third kappa shape index (κ3) is 2.68. The number of hydrogen-bond donors (Lipinski definition) is 1. The van der Waals surface area contributed by atoms with Gasteiger partial charge in [0.25, 0.3) is 0 Å². The van der Waals surface area contributed by atoms with Gasteiger partial charge in [-0.2, -0.15) is 5.10 Å². The molecule has 0 bridgehead atoms. The van der Waals surface area contributed by atoms with E-state index in [0.29, 0.717) is 0 Å². The van der Waals surface area contributed by atoms with E-state index in [0.717, 1.165) is 29.2 Å². The molecule has 2 rings (SSSR count). The quantitative estimate of drug-likeness (QED) is 0.903. The summed E-state index contributed by atoms with van der Waals surface area (Å²) in [7, 11) is 1.94. The Morgan fingerprint density at radius 2 is 2.24 bits per heavy atom. The predicted molar refractivity (Wildman–Crippen MR) is 71.1 cm³/mol. The molecule has 90 valence electrons. The molecule has 0 atom stereocenters. The normalized spacial score (nSPS) is 10.8. The van der Waals surface area contributed by atoms with Crippen LogP contribution in [0, 0.1) is 0 Å². The third-order valence-corrected chi connectivity index (χ3v) is 2.94. The molecular weight excluding hydrogens is 234 g/mol. The van der Waals surface area contributed by atoms with E-state index in [-0.39, 0.29) is 0 Å². The Morgan fingerprint density at radius 1 is 1.41 bits per heavy atom. The lowest BCUT2D eigenvalue weighted by atomic mass is 10.0. The van der Waals surface area contributed by atoms with Gasteiger partial charge in [-0.05, 0) is 37.2 Å². The van der Waals surface area contributed by atoms with Crippen LogP contribution >= 0.6 is 11.6 Å². The minimum Gasteiger partial charge on any atom is -0.316 e. The summed E-state index contributed by atoms with van der Waals surface area (Å²) in [5.41, 5.74) is 3.48. The zero-order valence-electron chi connectivity index (χ0n) is 10.1. The summed E-state index contributed by atoms with van der Waals surface area (Å²) in [4.78, 5) is 0. The Balaban J connectivity index is 2.44. The number of benzene rings is 1. The number of nitrogens with one attached hydrogen (secondary N) is 1. The lowest BCUT2D eigenvalue weighted by Gasteiger charge is -2.07. The first kappa shape index (κ1) is 12.1. The molecule has 0 saturated carbocycles. The van der Waals surface area contributed by atoms with Crippen LogP contribution in [0.4, 0.5) is 0 Å². The number of aromatic nitrogens is 2. The second-order valence-corrected chi connectivity index (χ2v) is 4.35. The van der Waals surface area contributed by atoms with E-state index >= 15 is 0 Å². The Labute approximate surface area is 106 Å². The summed E-state index contributed by atoms with van der Waals surface area (Å²) in [5.74, 6) is 0. The number of hydrogen-bond acceptors (Lipinski definition) is 2. The van der Waals surface area contributed by atoms with E-state index in [9.17, 15) is 0 Å². The van der Waals surface area contributed by atoms with Crippen LogP contribution in [0.2, 0.25) is 5.02 Å². The molecule has 0 aliphatic rings. The number of halogens is 1. The first-order valence-electron chi connectivity index (χ1n) is 5.70. The van der Waals surface area contributed by atoms with Crippen LogP contribution in [0.5, 0.6) is 0 Å². The van der Waals surface area contributed by atoms with Crippen molar-refractivity contribution in [2.45, 2.75) is 20.0 Å². The maximum absolute atomic E-state index is 6.06. The molecule has 0 aliphatic heterocycles. The van der Waals surface area contributed by atoms with Crippen LogP contribution in [-0.4, -0.2) is 16.8 Å². The van der Waals surface area contributed by atoms with E-state index in [4.69, 9.17) is 11.6 Å². The lowest BCUT2D eigenvalue weighted by molar-refractivity contribution is 0.660. The van der Waals surface area contributed by atoms with Crippen LogP contribution in [0.15, 0.2) is 30.6 Å². The van der Waals surface area contributed by atoms with Crippen molar-refractivity contribution in [3.8, 4) is 11.1 Å². The van der Waals surface area contributed by atoms with Crippen molar-refractivity contribution in [1.29, 1.82) is 0 Å². The average Bonchev–Trinajstić information content (AvgIpc) is 2.80. The molecule has 3 nitrogen and oxygen atoms in total. The molecule has 4 heteroatoms. The molecule has 0 unspecified atom stereocenters. The van der Waals surface area contributed by atoms with E-state index in [2.05, 4.69) is 23.4 Å². The summed E-state index contributed by atoms with van der Waals surface area (Å²) in [6.45, 7) is 3.77. The van der Waals surface area contributed by atoms with Crippen LogP contribution < -0.4 is 5.32 Å². The zero-order chi connectivity index (χ0) is 12.3. The summed E-state index contributed by atoms with van der Waals surface area (Å²) < 4.78 is 1.92. The Bertz CT molecular complexity index is 505. The highest BCUT2D eigenvalue weighted by Gasteiger charge is 2.07. The standard InChI is InChI=1S/C13H16ClN3/c1-3-17-9-11(8-16-17)13-6-12(14)5-4-10(13)7-15-2/h4-6,8-9,15H,3,7H2,1-2H3. The topological polar surface area (TPSA) is 29.9 Å². The van der Waals surface area contributed by atoms with Gasteiger partial charge in [0.15, 0.2) is 0 Å². The first-order valence-corrected chi connectivity index (χ1v) is 6.08. The van der Waals surface area contributed by atoms with Crippen molar-refractivity contribution in [3.05, 3.63) is 41.2 Å². The maximum Gasteiger partial charge on any atom is 0.0568 e. The second-order valence-electron chi connectivity index (χ2n) is 3.92. The van der Waals surface area contributed by atoms with E-state index in [1.165, 1.54) is 5.56 Å². The second kappa shape index (κ2) is 5.34. The summed E-state index contributed by atoms with van der Waals surface area (Å²) in [5, 5.41) is 8.21. The van der Waals surface area contributed by atoms with Gasteiger partial charge in [0.05, 0.1) is 6.20 Å². The highest BCUT2D eigenvalue weighted by molar-refractivity contribution is 6.30. The van der Waals surface area contributed by atoms with Crippen molar-refractivity contribution < 1.29 is 0 Å². The molecule has 17 heavy (non-hydrogen) atoms. The molecule has 0 saturated heterocycles. The van der Waals surface area contributed by atoms with Crippen molar-refractivity contribution in [1.82, 2.24) is 15.1 Å². The molecule has 2 aromatic rings. The van der Waals surface area contributed by atoms with Gasteiger partial charge in [-0.25, -0.2) is 0 Å². The van der Waals surface area contributed by atoms with Gasteiger partial charge in [0.1, 0.15) is 0 Å². The smallest absolute Gasteiger partial charge is 0.0568 e. The molecule has 0 amide bonds. The molecule has 1 aromatic heterocycles. The van der Waals surface area contributed by atoms with E-state index in [1.54, 1.807) is 0 Å². The fourth-order valence-electron chi connectivity index (χ4n) is 1.84. The number of aryl methyl sites for hydroxylation is 1. The third-order valence-electron chi connectivity index (χ3n) is 2.71. The van der Waals surface area contributed by atoms with Crippen molar-refractivity contribution in [3.63, 3.8) is 0 Å². The largest absolute Gasteiger partial charge is 0.316 e. The Morgan fingerprint density at radius 3 is 2.88 bits per heavy atom. The zero-order valence-corrected chi connectivity index (χ0v) is 10.8. The number of nitrogens with zero attached hydrogens (tertiary/aromatic N) is 2. The molecule has 1 aromatic carbocycles. The van der Waals surface area contributed by atoms with Gasteiger partial charge in [-0.1, -0.05) is 17.7 Å². The van der Waals surface area contributed by atoms with E-state index < -0.39 is 0 Å². The van der Waals surface area contributed by atoms with Gasteiger partial charge in [-0.15, -0.1) is 0 Å². The highest BCUT2D eigenvalue weighted by Crippen LogP contribution is 2.26. The number of rotatable bonds is 4. The SMILES string of the molecule is CCn1cc(-c2cc(Cl)ccc2CNC)cn1. The van der Waals surface area contributed by atoms with Crippen LogP contribution in [0.1, 0.15) is 12.5 Å². The van der Waals surface area contributed by atoms with Gasteiger partial charge in [-0.3, -0.25) is 4.68 Å². The molecule has 0 fully saturated rings. The minimum absolute atomic E-state index is 0.754. The average molecular weight is 250 g/mol. The summed E-state index contributed by atoms with van der Waals surface area (Å²) in [6, 6.07) is 5.96. The molecule has 0 aliphatic carbocycles. The van der Waals surface area contributed by atoms with Gasteiger partial charge >= 0.3 is 0 Å². The fraction of sp³-hybridized carbons (Fsp3) is 0.308. The monoisotopic (exact) mass is 249 g/mol. The van der Waals surface area contributed by atoms with Gasteiger partial charge < -0.3 is 5.32 Å². The predicted octanol–water partition coefficient (Wildman–Crippen LogP) is 2.94. The Hall–Kier alpha value is -1.32. The highest BCUT2D eigenvalue weighted by atomic mass is 35.5. The van der Waals surface area contributed by atoms with Gasteiger partial charge in [0.2, 0.25) is 0 Å². The molecule has 0 spiro atoms. The molecule has 1 N–H and O–H groups in total. The van der Waals surface area contributed by atoms with Crippen LogP contribution in [0.25, 0.3) is 11.1 Å². The van der Waals surface area contributed by atoms with Crippen molar-refractivity contribution >= 4 is 11.6 Å². The first-order chi connectivity index (χ1) is 8.24. The molecular formula is C13H16ClN3. The van der Waals surface area contributed by atoms with Crippen LogP contribution in [0.3, 0.4) is 0 Å². The molecule has 1 heterocycles.